The average Bonchev–Trinajstić information content (AvgIpc) is 2.28. The third-order valence-corrected chi connectivity index (χ3v) is 2.95. The number of aliphatic carboxylic acids is 1. The second-order valence-corrected chi connectivity index (χ2v) is 4.21. The Morgan fingerprint density at radius 3 is 2.25 bits per heavy atom. The predicted octanol–water partition coefficient (Wildman–Crippen LogP) is 2.45. The van der Waals surface area contributed by atoms with Crippen LogP contribution < -0.4 is 5.32 Å². The lowest BCUT2D eigenvalue weighted by molar-refractivity contribution is -0.142. The van der Waals surface area contributed by atoms with E-state index in [1.165, 1.54) is 5.56 Å². The summed E-state index contributed by atoms with van der Waals surface area (Å²) >= 11 is 0. The van der Waals surface area contributed by atoms with Gasteiger partial charge in [0.1, 0.15) is 0 Å². The number of rotatable bonds is 5. The number of carboxylic acids is 1. The molecule has 2 N–H and O–H groups in total. The maximum Gasteiger partial charge on any atom is 0.307 e. The van der Waals surface area contributed by atoms with Crippen molar-refractivity contribution in [3.05, 3.63) is 35.9 Å². The number of nitrogens with one attached hydrogen (secondary N) is 1. The molecule has 0 saturated carbocycles. The number of hydrogen-bond acceptors (Lipinski definition) is 2. The molecule has 1 aromatic carbocycles. The molecule has 0 aliphatic carbocycles. The van der Waals surface area contributed by atoms with Gasteiger partial charge in [-0.05, 0) is 19.4 Å². The standard InChI is InChI=1S/C13H19NO2/c1-9(13(15)16)10(2)14-11(3)12-7-5-4-6-8-12/h4-11,14H,1-3H3,(H,15,16)/t9?,10?,11-/m1/s1. The molecule has 0 fully saturated rings. The Morgan fingerprint density at radius 1 is 1.19 bits per heavy atom. The van der Waals surface area contributed by atoms with Crippen molar-refractivity contribution < 1.29 is 9.90 Å². The molecule has 0 spiro atoms. The van der Waals surface area contributed by atoms with E-state index < -0.39 is 5.97 Å². The summed E-state index contributed by atoms with van der Waals surface area (Å²) in [6.07, 6.45) is 0. The SMILES string of the molecule is CC(N[C@H](C)c1ccccc1)C(C)C(=O)O. The Labute approximate surface area is 96.5 Å². The first-order valence-corrected chi connectivity index (χ1v) is 5.56. The highest BCUT2D eigenvalue weighted by atomic mass is 16.4. The van der Waals surface area contributed by atoms with Crippen LogP contribution in [-0.2, 0) is 4.79 Å². The van der Waals surface area contributed by atoms with Crippen LogP contribution in [0.25, 0.3) is 0 Å². The Hall–Kier alpha value is -1.35. The predicted molar refractivity (Wildman–Crippen MR) is 64.3 cm³/mol. The van der Waals surface area contributed by atoms with Crippen LogP contribution in [0.5, 0.6) is 0 Å². The Morgan fingerprint density at radius 2 is 1.75 bits per heavy atom. The summed E-state index contributed by atoms with van der Waals surface area (Å²) < 4.78 is 0. The molecule has 0 saturated heterocycles. The molecule has 0 radical (unpaired) electrons. The van der Waals surface area contributed by atoms with Crippen molar-refractivity contribution in [3.63, 3.8) is 0 Å². The lowest BCUT2D eigenvalue weighted by atomic mass is 10.0. The summed E-state index contributed by atoms with van der Waals surface area (Å²) in [6, 6.07) is 10.1. The second kappa shape index (κ2) is 5.66. The van der Waals surface area contributed by atoms with Gasteiger partial charge in [-0.1, -0.05) is 37.3 Å². The van der Waals surface area contributed by atoms with Gasteiger partial charge in [0, 0.05) is 12.1 Å². The topological polar surface area (TPSA) is 49.3 Å². The lowest BCUT2D eigenvalue weighted by Crippen LogP contribution is -2.37. The fourth-order valence-electron chi connectivity index (χ4n) is 1.59. The molecule has 0 bridgehead atoms. The molecule has 0 heterocycles. The molecule has 0 aliphatic rings. The fourth-order valence-corrected chi connectivity index (χ4v) is 1.59. The molecule has 1 aromatic rings. The van der Waals surface area contributed by atoms with Crippen molar-refractivity contribution in [2.75, 3.05) is 0 Å². The normalized spacial score (nSPS) is 16.4. The van der Waals surface area contributed by atoms with Gasteiger partial charge < -0.3 is 10.4 Å². The molecule has 3 nitrogen and oxygen atoms in total. The van der Waals surface area contributed by atoms with E-state index in [-0.39, 0.29) is 18.0 Å². The van der Waals surface area contributed by atoms with Crippen LogP contribution in [0.15, 0.2) is 30.3 Å². The van der Waals surface area contributed by atoms with Crippen LogP contribution in [0.4, 0.5) is 0 Å². The summed E-state index contributed by atoms with van der Waals surface area (Å²) in [5.41, 5.74) is 1.17. The molecular weight excluding hydrogens is 202 g/mol. The van der Waals surface area contributed by atoms with Crippen molar-refractivity contribution >= 4 is 5.97 Å². The number of benzene rings is 1. The summed E-state index contributed by atoms with van der Waals surface area (Å²) in [5.74, 6) is -1.15. The smallest absolute Gasteiger partial charge is 0.307 e. The van der Waals surface area contributed by atoms with Crippen molar-refractivity contribution in [3.8, 4) is 0 Å². The van der Waals surface area contributed by atoms with Gasteiger partial charge in [0.25, 0.3) is 0 Å². The highest BCUT2D eigenvalue weighted by Crippen LogP contribution is 2.14. The Balaban J connectivity index is 2.58. The molecule has 3 heteroatoms. The van der Waals surface area contributed by atoms with E-state index in [4.69, 9.17) is 5.11 Å². The van der Waals surface area contributed by atoms with Gasteiger partial charge in [-0.25, -0.2) is 0 Å². The van der Waals surface area contributed by atoms with E-state index in [2.05, 4.69) is 5.32 Å². The van der Waals surface area contributed by atoms with E-state index in [0.29, 0.717) is 0 Å². The molecular formula is C13H19NO2. The van der Waals surface area contributed by atoms with Crippen molar-refractivity contribution in [1.82, 2.24) is 5.32 Å². The van der Waals surface area contributed by atoms with E-state index >= 15 is 0 Å². The molecule has 88 valence electrons. The van der Waals surface area contributed by atoms with Crippen molar-refractivity contribution in [1.29, 1.82) is 0 Å². The molecule has 1 rings (SSSR count). The zero-order valence-corrected chi connectivity index (χ0v) is 9.97. The third-order valence-electron chi connectivity index (χ3n) is 2.95. The van der Waals surface area contributed by atoms with Crippen LogP contribution in [-0.4, -0.2) is 17.1 Å². The van der Waals surface area contributed by atoms with E-state index in [1.807, 2.05) is 44.2 Å². The number of hydrogen-bond donors (Lipinski definition) is 2. The minimum Gasteiger partial charge on any atom is -0.481 e. The van der Waals surface area contributed by atoms with Crippen LogP contribution in [0.3, 0.4) is 0 Å². The molecule has 0 aliphatic heterocycles. The number of carboxylic acid groups (broad SMARTS) is 1. The molecule has 2 unspecified atom stereocenters. The van der Waals surface area contributed by atoms with E-state index in [1.54, 1.807) is 6.92 Å². The maximum atomic E-state index is 10.8. The fraction of sp³-hybridized carbons (Fsp3) is 0.462. The first kappa shape index (κ1) is 12.7. The zero-order valence-electron chi connectivity index (χ0n) is 9.97. The summed E-state index contributed by atoms with van der Waals surface area (Å²) in [5, 5.41) is 12.2. The minimum atomic E-state index is -0.764. The second-order valence-electron chi connectivity index (χ2n) is 4.21. The van der Waals surface area contributed by atoms with Crippen LogP contribution in [0.2, 0.25) is 0 Å². The van der Waals surface area contributed by atoms with Crippen molar-refractivity contribution in [2.45, 2.75) is 32.9 Å². The van der Waals surface area contributed by atoms with Crippen LogP contribution >= 0.6 is 0 Å². The summed E-state index contributed by atoms with van der Waals surface area (Å²) in [4.78, 5) is 10.8. The van der Waals surface area contributed by atoms with Gasteiger partial charge in [-0.15, -0.1) is 0 Å². The highest BCUT2D eigenvalue weighted by Gasteiger charge is 2.20. The largest absolute Gasteiger partial charge is 0.481 e. The van der Waals surface area contributed by atoms with E-state index in [0.717, 1.165) is 0 Å². The van der Waals surface area contributed by atoms with Crippen LogP contribution in [0, 0.1) is 5.92 Å². The Bertz CT molecular complexity index is 337. The first-order chi connectivity index (χ1) is 7.52. The average molecular weight is 221 g/mol. The summed E-state index contributed by atoms with van der Waals surface area (Å²) in [7, 11) is 0. The van der Waals surface area contributed by atoms with Gasteiger partial charge in [-0.3, -0.25) is 4.79 Å². The van der Waals surface area contributed by atoms with Gasteiger partial charge in [0.05, 0.1) is 5.92 Å². The maximum absolute atomic E-state index is 10.8. The first-order valence-electron chi connectivity index (χ1n) is 5.56. The quantitative estimate of drug-likeness (QED) is 0.803. The molecule has 0 amide bonds. The number of carbonyl (C=O) groups is 1. The molecule has 3 atom stereocenters. The van der Waals surface area contributed by atoms with Crippen LogP contribution in [0.1, 0.15) is 32.4 Å². The minimum absolute atomic E-state index is 0.0484. The molecule has 0 aromatic heterocycles. The van der Waals surface area contributed by atoms with Crippen molar-refractivity contribution in [2.24, 2.45) is 5.92 Å². The summed E-state index contributed by atoms with van der Waals surface area (Å²) in [6.45, 7) is 5.66. The lowest BCUT2D eigenvalue weighted by Gasteiger charge is -2.23. The van der Waals surface area contributed by atoms with E-state index in [9.17, 15) is 4.79 Å². The third kappa shape index (κ3) is 3.35. The Kier molecular flexibility index (Phi) is 4.50. The molecule has 16 heavy (non-hydrogen) atoms. The van der Waals surface area contributed by atoms with Gasteiger partial charge >= 0.3 is 5.97 Å². The highest BCUT2D eigenvalue weighted by molar-refractivity contribution is 5.70. The van der Waals surface area contributed by atoms with Gasteiger partial charge in [0.15, 0.2) is 0 Å². The van der Waals surface area contributed by atoms with Gasteiger partial charge in [0.2, 0.25) is 0 Å². The van der Waals surface area contributed by atoms with Gasteiger partial charge in [-0.2, -0.15) is 0 Å². The monoisotopic (exact) mass is 221 g/mol. The zero-order chi connectivity index (χ0) is 12.1.